The number of carbonyl (C=O) groups excluding carboxylic acids is 1. The molecule has 0 unspecified atom stereocenters. The van der Waals surface area contributed by atoms with Gasteiger partial charge in [0.1, 0.15) is 0 Å². The number of ether oxygens (including phenoxy) is 3. The molecule has 0 aliphatic carbocycles. The van der Waals surface area contributed by atoms with E-state index in [0.717, 1.165) is 10.2 Å². The molecule has 0 spiro atoms. The molecule has 0 saturated carbocycles. The Morgan fingerprint density at radius 1 is 1.06 bits per heavy atom. The minimum atomic E-state index is -3.63. The quantitative estimate of drug-likeness (QED) is 0.470. The Morgan fingerprint density at radius 2 is 1.74 bits per heavy atom. The lowest BCUT2D eigenvalue weighted by Gasteiger charge is -2.26. The fourth-order valence-corrected chi connectivity index (χ4v) is 6.27. The second kappa shape index (κ2) is 9.70. The second-order valence-corrected chi connectivity index (χ2v) is 11.4. The van der Waals surface area contributed by atoms with Gasteiger partial charge in [-0.15, -0.1) is 0 Å². The van der Waals surface area contributed by atoms with E-state index >= 15 is 0 Å². The van der Waals surface area contributed by atoms with Gasteiger partial charge >= 0.3 is 0 Å². The zero-order chi connectivity index (χ0) is 24.6. The first-order valence-corrected chi connectivity index (χ1v) is 13.4. The zero-order valence-corrected chi connectivity index (χ0v) is 21.1. The zero-order valence-electron chi connectivity index (χ0n) is 19.5. The number of sulfonamides is 1. The third kappa shape index (κ3) is 4.84. The summed E-state index contributed by atoms with van der Waals surface area (Å²) in [7, 11) is 0.239. The maximum absolute atomic E-state index is 13.5. The van der Waals surface area contributed by atoms with Gasteiger partial charge in [0.25, 0.3) is 5.91 Å². The van der Waals surface area contributed by atoms with Crippen molar-refractivity contribution in [3.05, 3.63) is 42.0 Å². The molecule has 2 aliphatic rings. The van der Waals surface area contributed by atoms with Gasteiger partial charge < -0.3 is 19.1 Å². The van der Waals surface area contributed by atoms with Crippen LogP contribution >= 0.6 is 11.3 Å². The fourth-order valence-electron chi connectivity index (χ4n) is 3.87. The predicted molar refractivity (Wildman–Crippen MR) is 132 cm³/mol. The van der Waals surface area contributed by atoms with Crippen LogP contribution in [0, 0.1) is 0 Å². The number of fused-ring (bicyclic) bond motifs is 2. The van der Waals surface area contributed by atoms with E-state index in [1.165, 1.54) is 27.8 Å². The van der Waals surface area contributed by atoms with Gasteiger partial charge in [-0.25, -0.2) is 13.4 Å². The van der Waals surface area contributed by atoms with E-state index in [-0.39, 0.29) is 17.6 Å². The number of thiazole rings is 1. The first-order chi connectivity index (χ1) is 16.8. The number of hydrogen-bond acceptors (Lipinski definition) is 9. The van der Waals surface area contributed by atoms with E-state index in [2.05, 4.69) is 4.98 Å². The molecule has 0 radical (unpaired) electrons. The minimum absolute atomic E-state index is 0.158. The first-order valence-electron chi connectivity index (χ1n) is 11.2. The van der Waals surface area contributed by atoms with Crippen LogP contribution in [0.2, 0.25) is 0 Å². The molecule has 5 rings (SSSR count). The lowest BCUT2D eigenvalue weighted by molar-refractivity contribution is 0.0730. The Kier molecular flexibility index (Phi) is 6.64. The molecule has 12 heteroatoms. The lowest BCUT2D eigenvalue weighted by atomic mass is 10.2. The van der Waals surface area contributed by atoms with Gasteiger partial charge in [0, 0.05) is 43.9 Å². The molecule has 0 atom stereocenters. The van der Waals surface area contributed by atoms with Gasteiger partial charge in [-0.2, -0.15) is 4.31 Å². The van der Waals surface area contributed by atoms with Crippen LogP contribution in [-0.4, -0.2) is 88.8 Å². The standard InChI is InChI=1S/C23H26N4O6S2/c1-25(2)7-8-27(23-24-18-13-19-20(33-15-32-19)14-21(18)34-23)22(28)16-3-5-17(6-4-16)35(29,30)26-9-11-31-12-10-26/h3-6,13-14H,7-12,15H2,1-2H3. The largest absolute Gasteiger partial charge is 0.454 e. The van der Waals surface area contributed by atoms with Crippen molar-refractivity contribution < 1.29 is 27.4 Å². The number of hydrogen-bond donors (Lipinski definition) is 0. The van der Waals surface area contributed by atoms with Gasteiger partial charge in [0.2, 0.25) is 16.8 Å². The van der Waals surface area contributed by atoms with Crippen LogP contribution in [0.4, 0.5) is 5.13 Å². The minimum Gasteiger partial charge on any atom is -0.454 e. The molecule has 2 aromatic carbocycles. The highest BCUT2D eigenvalue weighted by Gasteiger charge is 2.28. The number of carbonyl (C=O) groups is 1. The summed E-state index contributed by atoms with van der Waals surface area (Å²) in [5.74, 6) is 1.05. The van der Waals surface area contributed by atoms with E-state index in [1.807, 2.05) is 31.1 Å². The van der Waals surface area contributed by atoms with Crippen LogP contribution in [0.1, 0.15) is 10.4 Å². The maximum Gasteiger partial charge on any atom is 0.260 e. The van der Waals surface area contributed by atoms with E-state index in [9.17, 15) is 13.2 Å². The highest BCUT2D eigenvalue weighted by Crippen LogP contribution is 2.40. The molecule has 3 aromatic rings. The molecular formula is C23H26N4O6S2. The summed E-state index contributed by atoms with van der Waals surface area (Å²) in [5, 5.41) is 0.556. The number of rotatable bonds is 7. The van der Waals surface area contributed by atoms with E-state index < -0.39 is 10.0 Å². The molecule has 0 N–H and O–H groups in total. The van der Waals surface area contributed by atoms with Gasteiger partial charge in [0.15, 0.2) is 16.6 Å². The smallest absolute Gasteiger partial charge is 0.260 e. The van der Waals surface area contributed by atoms with E-state index in [0.29, 0.717) is 61.6 Å². The molecule has 35 heavy (non-hydrogen) atoms. The number of likely N-dealkylation sites (N-methyl/N-ethyl adjacent to an activating group) is 1. The van der Waals surface area contributed by atoms with Crippen LogP contribution in [0.15, 0.2) is 41.3 Å². The number of aromatic nitrogens is 1. The molecule has 10 nitrogen and oxygen atoms in total. The Balaban J connectivity index is 1.42. The van der Waals surface area contributed by atoms with E-state index in [1.54, 1.807) is 17.0 Å². The normalized spacial score (nSPS) is 16.2. The van der Waals surface area contributed by atoms with Crippen molar-refractivity contribution in [3.8, 4) is 11.5 Å². The summed E-state index contributed by atoms with van der Waals surface area (Å²) in [4.78, 5) is 22.0. The molecule has 3 heterocycles. The molecule has 1 saturated heterocycles. The van der Waals surface area contributed by atoms with Crippen LogP contribution in [0.25, 0.3) is 10.2 Å². The summed E-state index contributed by atoms with van der Waals surface area (Å²) < 4.78 is 44.3. The molecule has 1 fully saturated rings. The fraction of sp³-hybridized carbons (Fsp3) is 0.391. The van der Waals surface area contributed by atoms with Crippen molar-refractivity contribution in [1.29, 1.82) is 0 Å². The Morgan fingerprint density at radius 3 is 2.43 bits per heavy atom. The van der Waals surface area contributed by atoms with Crippen LogP contribution in [-0.2, 0) is 14.8 Å². The maximum atomic E-state index is 13.5. The van der Waals surface area contributed by atoms with Crippen molar-refractivity contribution in [3.63, 3.8) is 0 Å². The number of amides is 1. The molecule has 1 aromatic heterocycles. The van der Waals surface area contributed by atoms with Gasteiger partial charge in [-0.1, -0.05) is 11.3 Å². The lowest BCUT2D eigenvalue weighted by Crippen LogP contribution is -2.40. The molecule has 1 amide bonds. The van der Waals surface area contributed by atoms with Crippen molar-refractivity contribution in [1.82, 2.24) is 14.2 Å². The highest BCUT2D eigenvalue weighted by atomic mass is 32.2. The van der Waals surface area contributed by atoms with E-state index in [4.69, 9.17) is 14.2 Å². The number of anilines is 1. The predicted octanol–water partition coefficient (Wildman–Crippen LogP) is 2.25. The number of nitrogens with zero attached hydrogens (tertiary/aromatic N) is 4. The number of benzene rings is 2. The second-order valence-electron chi connectivity index (χ2n) is 8.47. The van der Waals surface area contributed by atoms with Gasteiger partial charge in [0.05, 0.1) is 28.3 Å². The first kappa shape index (κ1) is 23.9. The highest BCUT2D eigenvalue weighted by molar-refractivity contribution is 7.89. The summed E-state index contributed by atoms with van der Waals surface area (Å²) in [6.07, 6.45) is 0. The Labute approximate surface area is 207 Å². The average molecular weight is 519 g/mol. The van der Waals surface area contributed by atoms with Crippen molar-refractivity contribution in [2.24, 2.45) is 0 Å². The third-order valence-corrected chi connectivity index (χ3v) is 8.78. The van der Waals surface area contributed by atoms with Crippen molar-refractivity contribution >= 4 is 42.6 Å². The monoisotopic (exact) mass is 518 g/mol. The Hall–Kier alpha value is -2.77. The van der Waals surface area contributed by atoms with Crippen LogP contribution < -0.4 is 14.4 Å². The molecule has 2 aliphatic heterocycles. The van der Waals surface area contributed by atoms with Crippen molar-refractivity contribution in [2.75, 3.05) is 65.2 Å². The summed E-state index contributed by atoms with van der Waals surface area (Å²) in [6.45, 7) is 2.63. The van der Waals surface area contributed by atoms with Crippen LogP contribution in [0.5, 0.6) is 11.5 Å². The summed E-state index contributed by atoms with van der Waals surface area (Å²) in [5.41, 5.74) is 1.11. The van der Waals surface area contributed by atoms with Gasteiger partial charge in [-0.3, -0.25) is 9.69 Å². The summed E-state index contributed by atoms with van der Waals surface area (Å²) >= 11 is 1.40. The molecule has 0 bridgehead atoms. The summed E-state index contributed by atoms with van der Waals surface area (Å²) in [6, 6.07) is 9.78. The average Bonchev–Trinajstić information content (AvgIpc) is 3.48. The molecule has 186 valence electrons. The Bertz CT molecular complexity index is 1290. The van der Waals surface area contributed by atoms with Gasteiger partial charge in [-0.05, 0) is 38.4 Å². The van der Waals surface area contributed by atoms with Crippen molar-refractivity contribution in [2.45, 2.75) is 4.90 Å². The van der Waals surface area contributed by atoms with Crippen LogP contribution in [0.3, 0.4) is 0 Å². The SMILES string of the molecule is CN(C)CCN(C(=O)c1ccc(S(=O)(=O)N2CCOCC2)cc1)c1nc2cc3c(cc2s1)OCO3. The number of morpholine rings is 1. The third-order valence-electron chi connectivity index (χ3n) is 5.83. The molecular weight excluding hydrogens is 492 g/mol. The topological polar surface area (TPSA) is 102 Å².